The molecule has 0 spiro atoms. The lowest BCUT2D eigenvalue weighted by Gasteiger charge is -2.15. The Hall–Kier alpha value is -2.04. The summed E-state index contributed by atoms with van der Waals surface area (Å²) in [4.78, 5) is 10.3. The number of nitrogens with zero attached hydrogens (tertiary/aromatic N) is 1. The molecule has 0 fully saturated rings. The molecule has 1 aliphatic rings. The molecule has 0 aromatic heterocycles. The van der Waals surface area contributed by atoms with Crippen LogP contribution in [0.15, 0.2) is 30.0 Å². The molecule has 14 heavy (non-hydrogen) atoms. The molecular formula is C9H8N2O3. The van der Waals surface area contributed by atoms with Gasteiger partial charge in [-0.2, -0.15) is 0 Å². The zero-order chi connectivity index (χ0) is 10.1. The lowest BCUT2D eigenvalue weighted by Crippen LogP contribution is -2.20. The second kappa shape index (κ2) is 3.02. The van der Waals surface area contributed by atoms with Gasteiger partial charge in [0.15, 0.2) is 0 Å². The average molecular weight is 192 g/mol. The highest BCUT2D eigenvalue weighted by molar-refractivity contribution is 5.68. The molecule has 1 aliphatic heterocycles. The predicted molar refractivity (Wildman–Crippen MR) is 50.0 cm³/mol. The van der Waals surface area contributed by atoms with Crippen molar-refractivity contribution in [1.82, 2.24) is 0 Å². The van der Waals surface area contributed by atoms with Crippen molar-refractivity contribution < 1.29 is 9.66 Å². The Kier molecular flexibility index (Phi) is 1.85. The monoisotopic (exact) mass is 192 g/mol. The second-order valence-electron chi connectivity index (χ2n) is 2.92. The summed E-state index contributed by atoms with van der Waals surface area (Å²) in [7, 11) is 0. The minimum Gasteiger partial charge on any atom is -0.486 e. The van der Waals surface area contributed by atoms with Crippen LogP contribution in [-0.2, 0) is 0 Å². The number of para-hydroxylation sites is 1. The summed E-state index contributed by atoms with van der Waals surface area (Å²) in [5.74, 6) is 0.508. The van der Waals surface area contributed by atoms with Crippen molar-refractivity contribution in [3.8, 4) is 5.75 Å². The summed E-state index contributed by atoms with van der Waals surface area (Å²) in [6.45, 7) is 0.0767. The first kappa shape index (κ1) is 8.55. The summed E-state index contributed by atoms with van der Waals surface area (Å²) in [5, 5.41) is 10.7. The van der Waals surface area contributed by atoms with E-state index in [-0.39, 0.29) is 18.0 Å². The van der Waals surface area contributed by atoms with Gasteiger partial charge in [-0.15, -0.1) is 0 Å². The molecule has 0 saturated heterocycles. The van der Waals surface area contributed by atoms with E-state index in [9.17, 15) is 10.1 Å². The highest BCUT2D eigenvalue weighted by Gasteiger charge is 2.27. The van der Waals surface area contributed by atoms with E-state index in [0.29, 0.717) is 11.3 Å². The van der Waals surface area contributed by atoms with E-state index < -0.39 is 4.92 Å². The molecule has 2 N–H and O–H groups in total. The van der Waals surface area contributed by atoms with Crippen LogP contribution in [0.1, 0.15) is 5.56 Å². The Morgan fingerprint density at radius 2 is 2.14 bits per heavy atom. The van der Waals surface area contributed by atoms with E-state index >= 15 is 0 Å². The van der Waals surface area contributed by atoms with Crippen molar-refractivity contribution in [3.63, 3.8) is 0 Å². The number of ether oxygens (including phenoxy) is 1. The van der Waals surface area contributed by atoms with Crippen LogP contribution in [0, 0.1) is 10.1 Å². The van der Waals surface area contributed by atoms with E-state index in [0.717, 1.165) is 0 Å². The third-order valence-corrected chi connectivity index (χ3v) is 2.01. The number of nitrogens with two attached hydrogens (primary N) is 1. The Bertz CT molecular complexity index is 426. The van der Waals surface area contributed by atoms with E-state index in [4.69, 9.17) is 10.5 Å². The Balaban J connectivity index is 2.62. The van der Waals surface area contributed by atoms with Gasteiger partial charge in [0.25, 0.3) is 0 Å². The Labute approximate surface area is 79.9 Å². The van der Waals surface area contributed by atoms with Crippen molar-refractivity contribution in [1.29, 1.82) is 0 Å². The number of rotatable bonds is 1. The van der Waals surface area contributed by atoms with Crippen LogP contribution in [0.5, 0.6) is 5.75 Å². The molecule has 5 heteroatoms. The molecule has 2 rings (SSSR count). The van der Waals surface area contributed by atoms with Crippen LogP contribution in [0.4, 0.5) is 0 Å². The number of nitro groups is 1. The van der Waals surface area contributed by atoms with Crippen LogP contribution in [0.25, 0.3) is 5.70 Å². The van der Waals surface area contributed by atoms with Crippen LogP contribution in [0.3, 0.4) is 0 Å². The predicted octanol–water partition coefficient (Wildman–Crippen LogP) is 0.983. The maximum Gasteiger partial charge on any atom is 0.302 e. The fourth-order valence-corrected chi connectivity index (χ4v) is 1.40. The van der Waals surface area contributed by atoms with Crippen molar-refractivity contribution >= 4 is 5.70 Å². The fourth-order valence-electron chi connectivity index (χ4n) is 1.40. The van der Waals surface area contributed by atoms with Crippen LogP contribution in [0.2, 0.25) is 0 Å². The van der Waals surface area contributed by atoms with Gasteiger partial charge in [0, 0.05) is 0 Å². The molecule has 1 aromatic rings. The zero-order valence-corrected chi connectivity index (χ0v) is 7.27. The van der Waals surface area contributed by atoms with Crippen LogP contribution in [-0.4, -0.2) is 11.5 Å². The molecule has 72 valence electrons. The number of benzene rings is 1. The molecular weight excluding hydrogens is 184 g/mol. The molecule has 5 nitrogen and oxygen atoms in total. The third kappa shape index (κ3) is 1.19. The van der Waals surface area contributed by atoms with Gasteiger partial charge >= 0.3 is 5.70 Å². The van der Waals surface area contributed by atoms with Crippen molar-refractivity contribution in [2.45, 2.75) is 0 Å². The molecule has 0 unspecified atom stereocenters. The summed E-state index contributed by atoms with van der Waals surface area (Å²) >= 11 is 0. The molecule has 0 bridgehead atoms. The number of hydrogen-bond acceptors (Lipinski definition) is 4. The SMILES string of the molecule is NC1=C([N+](=O)[O-])c2ccccc2OC1. The van der Waals surface area contributed by atoms with Crippen molar-refractivity contribution in [3.05, 3.63) is 45.6 Å². The quantitative estimate of drug-likeness (QED) is 0.531. The number of fused-ring (bicyclic) bond motifs is 1. The van der Waals surface area contributed by atoms with Gasteiger partial charge in [-0.3, -0.25) is 10.1 Å². The minimum absolute atomic E-state index is 0.0492. The maximum atomic E-state index is 10.7. The average Bonchev–Trinajstić information content (AvgIpc) is 2.17. The third-order valence-electron chi connectivity index (χ3n) is 2.01. The van der Waals surface area contributed by atoms with Gasteiger partial charge in [-0.1, -0.05) is 12.1 Å². The van der Waals surface area contributed by atoms with Crippen LogP contribution < -0.4 is 10.5 Å². The Morgan fingerprint density at radius 3 is 2.86 bits per heavy atom. The summed E-state index contributed by atoms with van der Waals surface area (Å²) in [5.41, 5.74) is 6.06. The molecule has 0 radical (unpaired) electrons. The Morgan fingerprint density at radius 1 is 1.43 bits per heavy atom. The van der Waals surface area contributed by atoms with E-state index in [2.05, 4.69) is 0 Å². The summed E-state index contributed by atoms with van der Waals surface area (Å²) < 4.78 is 5.23. The largest absolute Gasteiger partial charge is 0.486 e. The van der Waals surface area contributed by atoms with E-state index in [1.165, 1.54) is 0 Å². The first-order valence-electron chi connectivity index (χ1n) is 4.05. The van der Waals surface area contributed by atoms with Crippen molar-refractivity contribution in [2.75, 3.05) is 6.61 Å². The van der Waals surface area contributed by atoms with Gasteiger partial charge in [-0.25, -0.2) is 0 Å². The first-order chi connectivity index (χ1) is 6.70. The fraction of sp³-hybridized carbons (Fsp3) is 0.111. The normalized spacial score (nSPS) is 14.6. The minimum atomic E-state index is -0.476. The van der Waals surface area contributed by atoms with Crippen LogP contribution >= 0.6 is 0 Å². The van der Waals surface area contributed by atoms with E-state index in [1.807, 2.05) is 0 Å². The van der Waals surface area contributed by atoms with Gasteiger partial charge < -0.3 is 10.5 Å². The van der Waals surface area contributed by atoms with Gasteiger partial charge in [0.2, 0.25) is 0 Å². The number of hydrogen-bond donors (Lipinski definition) is 1. The molecule has 0 atom stereocenters. The summed E-state index contributed by atoms with van der Waals surface area (Å²) in [6, 6.07) is 6.78. The lowest BCUT2D eigenvalue weighted by molar-refractivity contribution is -0.377. The first-order valence-corrected chi connectivity index (χ1v) is 4.05. The smallest absolute Gasteiger partial charge is 0.302 e. The maximum absolute atomic E-state index is 10.7. The highest BCUT2D eigenvalue weighted by Crippen LogP contribution is 2.31. The van der Waals surface area contributed by atoms with Gasteiger partial charge in [0.1, 0.15) is 18.1 Å². The molecule has 1 heterocycles. The van der Waals surface area contributed by atoms with Gasteiger partial charge in [-0.05, 0) is 12.1 Å². The second-order valence-corrected chi connectivity index (χ2v) is 2.92. The topological polar surface area (TPSA) is 78.4 Å². The molecule has 0 saturated carbocycles. The standard InChI is InChI=1S/C9H8N2O3/c10-7-5-14-8-4-2-1-3-6(8)9(7)11(12)13/h1-4H,5,10H2. The molecule has 0 amide bonds. The van der Waals surface area contributed by atoms with Gasteiger partial charge in [0.05, 0.1) is 10.5 Å². The molecule has 1 aromatic carbocycles. The lowest BCUT2D eigenvalue weighted by atomic mass is 10.1. The zero-order valence-electron chi connectivity index (χ0n) is 7.27. The molecule has 0 aliphatic carbocycles. The van der Waals surface area contributed by atoms with E-state index in [1.54, 1.807) is 24.3 Å². The summed E-state index contributed by atoms with van der Waals surface area (Å²) in [6.07, 6.45) is 0. The van der Waals surface area contributed by atoms with Crippen molar-refractivity contribution in [2.24, 2.45) is 5.73 Å². The highest BCUT2D eigenvalue weighted by atomic mass is 16.6.